The second kappa shape index (κ2) is 7.49. The van der Waals surface area contributed by atoms with Crippen molar-refractivity contribution in [3.63, 3.8) is 0 Å². The van der Waals surface area contributed by atoms with Gasteiger partial charge in [0.2, 0.25) is 0 Å². The van der Waals surface area contributed by atoms with Crippen LogP contribution in [-0.4, -0.2) is 28.3 Å². The van der Waals surface area contributed by atoms with E-state index in [1.54, 1.807) is 18.4 Å². The Morgan fingerprint density at radius 3 is 2.79 bits per heavy atom. The number of carbonyl (C=O) groups is 2. The van der Waals surface area contributed by atoms with Crippen molar-refractivity contribution in [1.29, 1.82) is 5.26 Å². The molecule has 6 nitrogen and oxygen atoms in total. The van der Waals surface area contributed by atoms with Crippen LogP contribution < -0.4 is 0 Å². The molecule has 0 radical (unpaired) electrons. The molecule has 28 heavy (non-hydrogen) atoms. The van der Waals surface area contributed by atoms with E-state index < -0.39 is 24.3 Å². The van der Waals surface area contributed by atoms with Gasteiger partial charge in [-0.15, -0.1) is 11.3 Å². The molecule has 1 aromatic carbocycles. The Morgan fingerprint density at radius 2 is 2.11 bits per heavy atom. The van der Waals surface area contributed by atoms with Crippen LogP contribution in [0.3, 0.4) is 0 Å². The van der Waals surface area contributed by atoms with Gasteiger partial charge in [0.15, 0.2) is 18.3 Å². The summed E-state index contributed by atoms with van der Waals surface area (Å²) in [5.74, 6) is -1.71. The van der Waals surface area contributed by atoms with Crippen LogP contribution in [-0.2, 0) is 9.53 Å². The number of ketones is 1. The lowest BCUT2D eigenvalue weighted by atomic mass is 10.1. The first-order valence-electron chi connectivity index (χ1n) is 8.98. The van der Waals surface area contributed by atoms with Gasteiger partial charge in [0.25, 0.3) is 0 Å². The summed E-state index contributed by atoms with van der Waals surface area (Å²) < 4.78 is 5.27. The Kier molecular flexibility index (Phi) is 4.88. The Bertz CT molecular complexity index is 1110. The highest BCUT2D eigenvalue weighted by atomic mass is 32.1. The fourth-order valence-corrected chi connectivity index (χ4v) is 3.88. The Labute approximate surface area is 165 Å². The summed E-state index contributed by atoms with van der Waals surface area (Å²) in [6.45, 7) is 1.33. The average molecular weight is 391 g/mol. The van der Waals surface area contributed by atoms with Crippen LogP contribution in [0, 0.1) is 18.3 Å². The second-order valence-electron chi connectivity index (χ2n) is 6.82. The quantitative estimate of drug-likeness (QED) is 0.592. The number of pyridine rings is 1. The van der Waals surface area contributed by atoms with Crippen molar-refractivity contribution in [2.45, 2.75) is 31.6 Å². The van der Waals surface area contributed by atoms with Crippen molar-refractivity contribution in [2.75, 3.05) is 6.61 Å². The molecule has 2 aromatic heterocycles. The van der Waals surface area contributed by atoms with Gasteiger partial charge >= 0.3 is 5.97 Å². The fraction of sp³-hybridized carbons (Fsp3) is 0.286. The van der Waals surface area contributed by atoms with Gasteiger partial charge in [-0.1, -0.05) is 18.2 Å². The van der Waals surface area contributed by atoms with Crippen molar-refractivity contribution >= 4 is 34.0 Å². The third-order valence-corrected chi connectivity index (χ3v) is 5.66. The number of para-hydroxylation sites is 1. The second-order valence-corrected chi connectivity index (χ2v) is 7.71. The first-order chi connectivity index (χ1) is 13.6. The smallest absolute Gasteiger partial charge is 0.339 e. The minimum absolute atomic E-state index is 0.383. The van der Waals surface area contributed by atoms with E-state index >= 15 is 0 Å². The monoisotopic (exact) mass is 391 g/mol. The number of thiazole rings is 1. The minimum atomic E-state index is -1.03. The summed E-state index contributed by atoms with van der Waals surface area (Å²) in [4.78, 5) is 34.0. The number of benzene rings is 1. The molecule has 2 heterocycles. The number of nitriles is 1. The molecule has 1 atom stereocenters. The molecule has 0 bridgehead atoms. The average Bonchev–Trinajstić information content (AvgIpc) is 3.47. The van der Waals surface area contributed by atoms with Gasteiger partial charge in [0, 0.05) is 28.1 Å². The number of rotatable bonds is 6. The first-order valence-corrected chi connectivity index (χ1v) is 9.86. The number of aromatic nitrogens is 2. The summed E-state index contributed by atoms with van der Waals surface area (Å²) in [7, 11) is 0. The third-order valence-electron chi connectivity index (χ3n) is 4.63. The molecule has 1 aliphatic carbocycles. The molecule has 1 unspecified atom stereocenters. The predicted octanol–water partition coefficient (Wildman–Crippen LogP) is 3.91. The number of carbonyl (C=O) groups excluding carboxylic acids is 2. The zero-order valence-corrected chi connectivity index (χ0v) is 16.0. The van der Waals surface area contributed by atoms with Crippen molar-refractivity contribution in [3.05, 3.63) is 57.7 Å². The summed E-state index contributed by atoms with van der Waals surface area (Å²) >= 11 is 1.25. The number of nitrogens with zero attached hydrogens (tertiary/aromatic N) is 3. The predicted molar refractivity (Wildman–Crippen MR) is 104 cm³/mol. The SMILES string of the molecule is Cc1csc(C(C#N)C(=O)COC(=O)c2cc(C3CC3)nc3ccccc23)n1. The van der Waals surface area contributed by atoms with Gasteiger partial charge in [-0.3, -0.25) is 9.78 Å². The van der Waals surface area contributed by atoms with E-state index in [9.17, 15) is 14.9 Å². The van der Waals surface area contributed by atoms with E-state index in [1.165, 1.54) is 11.3 Å². The summed E-state index contributed by atoms with van der Waals surface area (Å²) in [5, 5.41) is 12.2. The molecule has 0 N–H and O–H groups in total. The van der Waals surface area contributed by atoms with E-state index in [1.807, 2.05) is 30.3 Å². The van der Waals surface area contributed by atoms with Crippen LogP contribution in [0.25, 0.3) is 10.9 Å². The van der Waals surface area contributed by atoms with E-state index in [0.717, 1.165) is 29.7 Å². The Hall–Kier alpha value is -3.11. The number of hydrogen-bond donors (Lipinski definition) is 0. The van der Waals surface area contributed by atoms with Crippen LogP contribution in [0.2, 0.25) is 0 Å². The molecule has 1 aliphatic rings. The molecule has 0 spiro atoms. The topological polar surface area (TPSA) is 92.9 Å². The fourth-order valence-electron chi connectivity index (χ4n) is 3.02. The molecular weight excluding hydrogens is 374 g/mol. The molecule has 4 rings (SSSR count). The molecule has 7 heteroatoms. The number of esters is 1. The number of fused-ring (bicyclic) bond motifs is 1. The van der Waals surface area contributed by atoms with Crippen LogP contribution in [0.5, 0.6) is 0 Å². The van der Waals surface area contributed by atoms with Gasteiger partial charge < -0.3 is 4.74 Å². The van der Waals surface area contributed by atoms with Gasteiger partial charge in [0.1, 0.15) is 5.01 Å². The van der Waals surface area contributed by atoms with Crippen LogP contribution in [0.15, 0.2) is 35.7 Å². The Balaban J connectivity index is 1.54. The van der Waals surface area contributed by atoms with Crippen molar-refractivity contribution < 1.29 is 14.3 Å². The highest BCUT2D eigenvalue weighted by molar-refractivity contribution is 7.09. The normalized spacial score (nSPS) is 14.4. The van der Waals surface area contributed by atoms with Crippen LogP contribution >= 0.6 is 11.3 Å². The Morgan fingerprint density at radius 1 is 1.32 bits per heavy atom. The molecule has 3 aromatic rings. The van der Waals surface area contributed by atoms with Gasteiger partial charge in [-0.2, -0.15) is 5.26 Å². The lowest BCUT2D eigenvalue weighted by Crippen LogP contribution is -2.20. The van der Waals surface area contributed by atoms with Gasteiger partial charge in [-0.05, 0) is 31.9 Å². The molecule has 0 amide bonds. The molecule has 0 aliphatic heterocycles. The number of Topliss-reactive ketones (excluding diaryl/α,β-unsaturated/α-hetero) is 1. The third kappa shape index (κ3) is 3.64. The number of ether oxygens (including phenoxy) is 1. The zero-order valence-electron chi connectivity index (χ0n) is 15.2. The maximum absolute atomic E-state index is 12.7. The van der Waals surface area contributed by atoms with E-state index in [2.05, 4.69) is 9.97 Å². The summed E-state index contributed by atoms with van der Waals surface area (Å²) in [6, 6.07) is 11.1. The lowest BCUT2D eigenvalue weighted by molar-refractivity contribution is -0.122. The lowest BCUT2D eigenvalue weighted by Gasteiger charge is -2.10. The summed E-state index contributed by atoms with van der Waals surface area (Å²) in [6.07, 6.45) is 2.13. The highest BCUT2D eigenvalue weighted by Gasteiger charge is 2.28. The molecular formula is C21H17N3O3S. The number of hydrogen-bond acceptors (Lipinski definition) is 7. The van der Waals surface area contributed by atoms with Crippen molar-refractivity contribution in [2.24, 2.45) is 0 Å². The van der Waals surface area contributed by atoms with Crippen LogP contribution in [0.1, 0.15) is 51.4 Å². The van der Waals surface area contributed by atoms with E-state index in [-0.39, 0.29) is 0 Å². The van der Waals surface area contributed by atoms with E-state index in [4.69, 9.17) is 4.74 Å². The maximum Gasteiger partial charge on any atom is 0.339 e. The van der Waals surface area contributed by atoms with Crippen molar-refractivity contribution in [3.8, 4) is 6.07 Å². The first kappa shape index (κ1) is 18.3. The zero-order chi connectivity index (χ0) is 19.7. The largest absolute Gasteiger partial charge is 0.454 e. The standard InChI is InChI=1S/C21H17N3O3S/c1-12-11-28-20(23-12)16(9-22)19(25)10-27-21(26)15-8-18(13-6-7-13)24-17-5-3-2-4-14(15)17/h2-5,8,11,13,16H,6-7,10H2,1H3. The maximum atomic E-state index is 12.7. The van der Waals surface area contributed by atoms with Gasteiger partial charge in [-0.25, -0.2) is 9.78 Å². The van der Waals surface area contributed by atoms with E-state index in [0.29, 0.717) is 21.9 Å². The van der Waals surface area contributed by atoms with Crippen LogP contribution in [0.4, 0.5) is 0 Å². The molecule has 140 valence electrons. The highest BCUT2D eigenvalue weighted by Crippen LogP contribution is 2.40. The molecule has 1 fully saturated rings. The summed E-state index contributed by atoms with van der Waals surface area (Å²) in [5.41, 5.74) is 2.77. The molecule has 0 saturated heterocycles. The van der Waals surface area contributed by atoms with Crippen molar-refractivity contribution in [1.82, 2.24) is 9.97 Å². The number of aryl methyl sites for hydroxylation is 1. The minimum Gasteiger partial charge on any atom is -0.454 e. The molecule has 1 saturated carbocycles. The van der Waals surface area contributed by atoms with Gasteiger partial charge in [0.05, 0.1) is 17.1 Å².